The highest BCUT2D eigenvalue weighted by Crippen LogP contribution is 2.39. The van der Waals surface area contributed by atoms with Crippen LogP contribution in [-0.2, 0) is 13.1 Å². The fraction of sp³-hybridized carbons (Fsp3) is 0.136. The summed E-state index contributed by atoms with van der Waals surface area (Å²) in [5, 5.41) is 11.9. The predicted molar refractivity (Wildman–Crippen MR) is 118 cm³/mol. The number of pyridine rings is 1. The Morgan fingerprint density at radius 1 is 1.00 bits per heavy atom. The Morgan fingerprint density at radius 2 is 1.77 bits per heavy atom. The van der Waals surface area contributed by atoms with Crippen LogP contribution < -0.4 is 5.56 Å². The normalized spacial score (nSPS) is 11.8. The zero-order valence-electron chi connectivity index (χ0n) is 16.2. The second-order valence-electron chi connectivity index (χ2n) is 7.20. The SMILES string of the molecule is Cl.O=C1c2ccccc2-c2c1c1ccc([N+](=O)[O-])cc1c(=O)n2CCCn1ccnc1. The van der Waals surface area contributed by atoms with Gasteiger partial charge in [0.2, 0.25) is 0 Å². The van der Waals surface area contributed by atoms with Gasteiger partial charge in [-0.2, -0.15) is 0 Å². The summed E-state index contributed by atoms with van der Waals surface area (Å²) in [6.07, 6.45) is 5.87. The van der Waals surface area contributed by atoms with Gasteiger partial charge < -0.3 is 9.13 Å². The van der Waals surface area contributed by atoms with Gasteiger partial charge in [-0.05, 0) is 12.5 Å². The Morgan fingerprint density at radius 3 is 2.48 bits per heavy atom. The third-order valence-electron chi connectivity index (χ3n) is 5.48. The zero-order valence-corrected chi connectivity index (χ0v) is 17.0. The molecule has 0 unspecified atom stereocenters. The van der Waals surface area contributed by atoms with Gasteiger partial charge in [0.15, 0.2) is 5.78 Å². The maximum atomic E-state index is 13.4. The molecule has 4 aromatic rings. The quantitative estimate of drug-likeness (QED) is 0.308. The summed E-state index contributed by atoms with van der Waals surface area (Å²) in [7, 11) is 0. The Labute approximate surface area is 182 Å². The molecular formula is C22H17ClN4O4. The minimum absolute atomic E-state index is 0. The van der Waals surface area contributed by atoms with Crippen molar-refractivity contribution in [1.29, 1.82) is 0 Å². The van der Waals surface area contributed by atoms with Gasteiger partial charge in [-0.1, -0.05) is 24.3 Å². The number of nitrogens with zero attached hydrogens (tertiary/aromatic N) is 4. The minimum atomic E-state index is -0.536. The molecule has 0 spiro atoms. The monoisotopic (exact) mass is 436 g/mol. The molecule has 0 saturated heterocycles. The van der Waals surface area contributed by atoms with Gasteiger partial charge in [-0.3, -0.25) is 19.7 Å². The number of aromatic nitrogens is 3. The number of non-ortho nitro benzene ring substituents is 1. The number of aryl methyl sites for hydroxylation is 1. The average Bonchev–Trinajstić information content (AvgIpc) is 3.37. The fourth-order valence-electron chi connectivity index (χ4n) is 4.13. The molecule has 0 bridgehead atoms. The van der Waals surface area contributed by atoms with Crippen molar-refractivity contribution in [3.05, 3.63) is 92.8 Å². The Bertz CT molecular complexity index is 1390. The van der Waals surface area contributed by atoms with Gasteiger partial charge in [0.1, 0.15) is 0 Å². The molecule has 2 aromatic heterocycles. The van der Waals surface area contributed by atoms with E-state index in [2.05, 4.69) is 4.98 Å². The summed E-state index contributed by atoms with van der Waals surface area (Å²) in [6.45, 7) is 1.03. The smallest absolute Gasteiger partial charge is 0.270 e. The lowest BCUT2D eigenvalue weighted by atomic mass is 10.0. The Hall–Kier alpha value is -3.78. The number of hydrogen-bond acceptors (Lipinski definition) is 5. The van der Waals surface area contributed by atoms with Gasteiger partial charge in [0.25, 0.3) is 11.2 Å². The molecule has 2 heterocycles. The van der Waals surface area contributed by atoms with Gasteiger partial charge in [-0.25, -0.2) is 4.98 Å². The highest BCUT2D eigenvalue weighted by Gasteiger charge is 2.32. The lowest BCUT2D eigenvalue weighted by Gasteiger charge is -2.15. The van der Waals surface area contributed by atoms with Crippen molar-refractivity contribution in [2.24, 2.45) is 0 Å². The first-order valence-electron chi connectivity index (χ1n) is 9.51. The molecule has 0 fully saturated rings. The van der Waals surface area contributed by atoms with E-state index in [4.69, 9.17) is 0 Å². The predicted octanol–water partition coefficient (Wildman–Crippen LogP) is 3.83. The van der Waals surface area contributed by atoms with E-state index in [0.717, 1.165) is 5.56 Å². The lowest BCUT2D eigenvalue weighted by molar-refractivity contribution is -0.384. The molecule has 2 aromatic carbocycles. The molecule has 31 heavy (non-hydrogen) atoms. The third kappa shape index (κ3) is 3.21. The Kier molecular flexibility index (Phi) is 5.16. The van der Waals surface area contributed by atoms with E-state index in [9.17, 15) is 19.7 Å². The van der Waals surface area contributed by atoms with Crippen LogP contribution in [0, 0.1) is 10.1 Å². The highest BCUT2D eigenvalue weighted by atomic mass is 35.5. The fourth-order valence-corrected chi connectivity index (χ4v) is 4.13. The topological polar surface area (TPSA) is 100 Å². The number of nitro benzene ring substituents is 1. The number of carbonyl (C=O) groups excluding carboxylic acids is 1. The number of carbonyl (C=O) groups is 1. The maximum Gasteiger partial charge on any atom is 0.270 e. The summed E-state index contributed by atoms with van der Waals surface area (Å²) in [6, 6.07) is 11.3. The molecule has 9 heteroatoms. The van der Waals surface area contributed by atoms with E-state index in [0.29, 0.717) is 41.7 Å². The van der Waals surface area contributed by atoms with Crippen LogP contribution in [0.4, 0.5) is 5.69 Å². The summed E-state index contributed by atoms with van der Waals surface area (Å²) in [4.78, 5) is 41.3. The molecule has 0 saturated carbocycles. The van der Waals surface area contributed by atoms with E-state index in [1.165, 1.54) is 18.2 Å². The van der Waals surface area contributed by atoms with E-state index in [1.54, 1.807) is 29.2 Å². The van der Waals surface area contributed by atoms with Crippen LogP contribution in [0.25, 0.3) is 22.0 Å². The molecule has 0 atom stereocenters. The van der Waals surface area contributed by atoms with Gasteiger partial charge >= 0.3 is 0 Å². The van der Waals surface area contributed by atoms with Gasteiger partial charge in [-0.15, -0.1) is 12.4 Å². The number of imidazole rings is 1. The minimum Gasteiger partial charge on any atom is -0.337 e. The van der Waals surface area contributed by atoms with Crippen LogP contribution in [0.1, 0.15) is 22.3 Å². The van der Waals surface area contributed by atoms with Crippen LogP contribution >= 0.6 is 12.4 Å². The number of fused-ring (bicyclic) bond motifs is 5. The van der Waals surface area contributed by atoms with Crippen LogP contribution in [0.2, 0.25) is 0 Å². The van der Waals surface area contributed by atoms with Gasteiger partial charge in [0.05, 0.1) is 27.9 Å². The van der Waals surface area contributed by atoms with Crippen LogP contribution in [0.5, 0.6) is 0 Å². The van der Waals surface area contributed by atoms with Crippen LogP contribution in [-0.4, -0.2) is 24.8 Å². The van der Waals surface area contributed by atoms with Crippen molar-refractivity contribution >= 4 is 34.7 Å². The standard InChI is InChI=1S/C22H16N4O4.ClH/c27-21-17-5-2-1-4-16(17)20-19(21)15-7-6-14(26(29)30)12-18(15)22(28)25(20)10-3-9-24-11-8-23-13-24;/h1-2,4-8,11-13H,3,9-10H2;1H. The molecule has 0 amide bonds. The van der Waals surface area contributed by atoms with E-state index in [-0.39, 0.29) is 34.8 Å². The van der Waals surface area contributed by atoms with E-state index >= 15 is 0 Å². The molecule has 1 aliphatic rings. The van der Waals surface area contributed by atoms with Crippen molar-refractivity contribution in [3.63, 3.8) is 0 Å². The molecule has 156 valence electrons. The number of benzene rings is 2. The number of halogens is 1. The van der Waals surface area contributed by atoms with Crippen LogP contribution in [0.3, 0.4) is 0 Å². The first kappa shape index (κ1) is 20.5. The van der Waals surface area contributed by atoms with Crippen molar-refractivity contribution in [3.8, 4) is 11.3 Å². The average molecular weight is 437 g/mol. The largest absolute Gasteiger partial charge is 0.337 e. The molecule has 1 aliphatic carbocycles. The number of nitro groups is 1. The summed E-state index contributed by atoms with van der Waals surface area (Å²) in [5.41, 5.74) is 1.78. The summed E-state index contributed by atoms with van der Waals surface area (Å²) < 4.78 is 3.50. The second-order valence-corrected chi connectivity index (χ2v) is 7.20. The second kappa shape index (κ2) is 7.81. The van der Waals surface area contributed by atoms with Crippen molar-refractivity contribution in [2.45, 2.75) is 19.5 Å². The maximum absolute atomic E-state index is 13.4. The highest BCUT2D eigenvalue weighted by molar-refractivity contribution is 6.26. The summed E-state index contributed by atoms with van der Waals surface area (Å²) in [5.74, 6) is -0.164. The molecule has 0 radical (unpaired) electrons. The zero-order chi connectivity index (χ0) is 20.8. The molecule has 0 aliphatic heterocycles. The summed E-state index contributed by atoms with van der Waals surface area (Å²) >= 11 is 0. The first-order valence-corrected chi connectivity index (χ1v) is 9.51. The third-order valence-corrected chi connectivity index (χ3v) is 5.48. The van der Waals surface area contributed by atoms with E-state index < -0.39 is 4.92 Å². The first-order chi connectivity index (χ1) is 14.6. The molecule has 5 rings (SSSR count). The molecule has 0 N–H and O–H groups in total. The number of rotatable bonds is 5. The van der Waals surface area contributed by atoms with E-state index in [1.807, 2.05) is 22.9 Å². The van der Waals surface area contributed by atoms with Crippen molar-refractivity contribution in [2.75, 3.05) is 0 Å². The van der Waals surface area contributed by atoms with Crippen molar-refractivity contribution in [1.82, 2.24) is 14.1 Å². The number of ketones is 1. The number of hydrogen-bond donors (Lipinski definition) is 0. The molecule has 8 nitrogen and oxygen atoms in total. The Balaban J connectivity index is 0.00000231. The van der Waals surface area contributed by atoms with Crippen LogP contribution in [0.15, 0.2) is 66.0 Å². The van der Waals surface area contributed by atoms with Gasteiger partial charge in [0, 0.05) is 54.1 Å². The molecular weight excluding hydrogens is 420 g/mol. The van der Waals surface area contributed by atoms with Crippen molar-refractivity contribution < 1.29 is 9.72 Å². The lowest BCUT2D eigenvalue weighted by Crippen LogP contribution is -2.24.